The van der Waals surface area contributed by atoms with Gasteiger partial charge < -0.3 is 9.64 Å². The molecule has 1 aromatic heterocycles. The Morgan fingerprint density at radius 3 is 2.73 bits per heavy atom. The van der Waals surface area contributed by atoms with Gasteiger partial charge in [-0.3, -0.25) is 4.90 Å². The minimum atomic E-state index is -2.86. The first-order valence-corrected chi connectivity index (χ1v) is 9.36. The fourth-order valence-corrected chi connectivity index (χ4v) is 4.95. The minimum Gasteiger partial charge on any atom is -0.481 e. The van der Waals surface area contributed by atoms with Crippen LogP contribution in [-0.2, 0) is 9.84 Å². The normalized spacial score (nSPS) is 25.3. The molecule has 2 fully saturated rings. The zero-order valence-electron chi connectivity index (χ0n) is 12.8. The molecule has 0 aromatic carbocycles. The molecule has 122 valence electrons. The van der Waals surface area contributed by atoms with Gasteiger partial charge in [0.15, 0.2) is 9.84 Å². The highest BCUT2D eigenvalue weighted by Crippen LogP contribution is 2.22. The van der Waals surface area contributed by atoms with Crippen LogP contribution in [0.15, 0.2) is 12.3 Å². The first kappa shape index (κ1) is 15.5. The molecule has 0 spiro atoms. The third kappa shape index (κ3) is 3.33. The second-order valence-corrected chi connectivity index (χ2v) is 8.22. The Hall–Kier alpha value is -1.41. The van der Waals surface area contributed by atoms with Crippen molar-refractivity contribution in [2.75, 3.05) is 50.5 Å². The first-order valence-electron chi connectivity index (χ1n) is 7.64. The zero-order valence-corrected chi connectivity index (χ0v) is 13.6. The molecule has 2 aliphatic heterocycles. The SMILES string of the molecule is COc1ccnc(N2CCN(CC3CCCS3(=O)=O)CC2)n1. The van der Waals surface area contributed by atoms with Gasteiger partial charge in [-0.2, -0.15) is 4.98 Å². The van der Waals surface area contributed by atoms with Gasteiger partial charge in [0.2, 0.25) is 11.8 Å². The van der Waals surface area contributed by atoms with E-state index in [9.17, 15) is 8.42 Å². The first-order chi connectivity index (χ1) is 10.6. The molecule has 7 nitrogen and oxygen atoms in total. The maximum atomic E-state index is 11.9. The molecule has 22 heavy (non-hydrogen) atoms. The zero-order chi connectivity index (χ0) is 15.6. The fourth-order valence-electron chi connectivity index (χ4n) is 3.08. The van der Waals surface area contributed by atoms with Gasteiger partial charge in [0.1, 0.15) is 0 Å². The van der Waals surface area contributed by atoms with Crippen LogP contribution in [-0.4, -0.2) is 74.1 Å². The Kier molecular flexibility index (Phi) is 4.49. The Morgan fingerprint density at radius 2 is 2.09 bits per heavy atom. The van der Waals surface area contributed by atoms with Gasteiger partial charge in [0.05, 0.1) is 18.1 Å². The molecule has 1 unspecified atom stereocenters. The van der Waals surface area contributed by atoms with Crippen LogP contribution in [0.2, 0.25) is 0 Å². The van der Waals surface area contributed by atoms with E-state index in [1.807, 2.05) is 0 Å². The molecule has 8 heteroatoms. The van der Waals surface area contributed by atoms with E-state index >= 15 is 0 Å². The second-order valence-electron chi connectivity index (χ2n) is 5.82. The number of aromatic nitrogens is 2. The quantitative estimate of drug-likeness (QED) is 0.781. The topological polar surface area (TPSA) is 75.6 Å². The van der Waals surface area contributed by atoms with Gasteiger partial charge in [-0.05, 0) is 12.8 Å². The molecule has 0 saturated carbocycles. The van der Waals surface area contributed by atoms with Crippen molar-refractivity contribution in [3.8, 4) is 5.88 Å². The number of methoxy groups -OCH3 is 1. The number of nitrogens with zero attached hydrogens (tertiary/aromatic N) is 4. The van der Waals surface area contributed by atoms with Crippen LogP contribution in [0.3, 0.4) is 0 Å². The molecular formula is C14H22N4O3S. The third-order valence-corrected chi connectivity index (χ3v) is 6.66. The molecule has 1 atom stereocenters. The summed E-state index contributed by atoms with van der Waals surface area (Å²) in [5.41, 5.74) is 0. The van der Waals surface area contributed by atoms with Crippen molar-refractivity contribution in [2.24, 2.45) is 0 Å². The van der Waals surface area contributed by atoms with Crippen LogP contribution in [0, 0.1) is 0 Å². The standard InChI is InChI=1S/C14H22N4O3S/c1-21-13-4-5-15-14(16-13)18-8-6-17(7-9-18)11-12-3-2-10-22(12,19)20/h4-5,12H,2-3,6-11H2,1H3. The number of anilines is 1. The van der Waals surface area contributed by atoms with Gasteiger partial charge in [0.25, 0.3) is 0 Å². The van der Waals surface area contributed by atoms with E-state index in [2.05, 4.69) is 19.8 Å². The number of hydrogen-bond donors (Lipinski definition) is 0. The van der Waals surface area contributed by atoms with Crippen molar-refractivity contribution in [1.82, 2.24) is 14.9 Å². The average Bonchev–Trinajstić information content (AvgIpc) is 2.87. The van der Waals surface area contributed by atoms with Crippen molar-refractivity contribution < 1.29 is 13.2 Å². The summed E-state index contributed by atoms with van der Waals surface area (Å²) < 4.78 is 29.0. The monoisotopic (exact) mass is 326 g/mol. The minimum absolute atomic E-state index is 0.174. The summed E-state index contributed by atoms with van der Waals surface area (Å²) in [6, 6.07) is 1.73. The average molecular weight is 326 g/mol. The molecule has 0 aliphatic carbocycles. The van der Waals surface area contributed by atoms with Gasteiger partial charge >= 0.3 is 0 Å². The number of rotatable bonds is 4. The Morgan fingerprint density at radius 1 is 1.32 bits per heavy atom. The molecule has 3 heterocycles. The molecule has 0 N–H and O–H groups in total. The summed E-state index contributed by atoms with van der Waals surface area (Å²) in [6.45, 7) is 3.95. The Balaban J connectivity index is 1.56. The summed E-state index contributed by atoms with van der Waals surface area (Å²) in [7, 11) is -1.27. The molecule has 1 aromatic rings. The van der Waals surface area contributed by atoms with E-state index in [1.54, 1.807) is 19.4 Å². The van der Waals surface area contributed by atoms with Crippen molar-refractivity contribution in [2.45, 2.75) is 18.1 Å². The molecule has 0 amide bonds. The molecule has 2 aliphatic rings. The lowest BCUT2D eigenvalue weighted by Crippen LogP contribution is -2.49. The molecular weight excluding hydrogens is 304 g/mol. The van der Waals surface area contributed by atoms with E-state index in [0.29, 0.717) is 24.1 Å². The maximum Gasteiger partial charge on any atom is 0.228 e. The third-order valence-electron chi connectivity index (χ3n) is 4.41. The molecule has 2 saturated heterocycles. The Labute approximate surface area is 131 Å². The predicted molar refractivity (Wildman–Crippen MR) is 84.0 cm³/mol. The summed E-state index contributed by atoms with van der Waals surface area (Å²) in [6.07, 6.45) is 3.31. The van der Waals surface area contributed by atoms with Crippen LogP contribution < -0.4 is 9.64 Å². The lowest BCUT2D eigenvalue weighted by molar-refractivity contribution is 0.254. The van der Waals surface area contributed by atoms with Gasteiger partial charge in [0, 0.05) is 45.0 Å². The smallest absolute Gasteiger partial charge is 0.228 e. The lowest BCUT2D eigenvalue weighted by Gasteiger charge is -2.35. The number of hydrogen-bond acceptors (Lipinski definition) is 7. The summed E-state index contributed by atoms with van der Waals surface area (Å²) in [5, 5.41) is -0.174. The predicted octanol–water partition coefficient (Wildman–Crippen LogP) is 0.184. The van der Waals surface area contributed by atoms with Gasteiger partial charge in [-0.15, -0.1) is 0 Å². The van der Waals surface area contributed by atoms with Crippen molar-refractivity contribution >= 4 is 15.8 Å². The van der Waals surface area contributed by atoms with E-state index < -0.39 is 9.84 Å². The van der Waals surface area contributed by atoms with E-state index in [1.165, 1.54) is 0 Å². The largest absolute Gasteiger partial charge is 0.481 e. The summed E-state index contributed by atoms with van der Waals surface area (Å²) in [5.74, 6) is 1.59. The van der Waals surface area contributed by atoms with Crippen molar-refractivity contribution in [3.63, 3.8) is 0 Å². The highest BCUT2D eigenvalue weighted by molar-refractivity contribution is 7.92. The van der Waals surface area contributed by atoms with Crippen molar-refractivity contribution in [3.05, 3.63) is 12.3 Å². The van der Waals surface area contributed by atoms with Crippen LogP contribution >= 0.6 is 0 Å². The van der Waals surface area contributed by atoms with Gasteiger partial charge in [-0.1, -0.05) is 0 Å². The van der Waals surface area contributed by atoms with E-state index in [0.717, 1.165) is 39.0 Å². The highest BCUT2D eigenvalue weighted by atomic mass is 32.2. The second kappa shape index (κ2) is 6.37. The maximum absolute atomic E-state index is 11.9. The lowest BCUT2D eigenvalue weighted by atomic mass is 10.2. The van der Waals surface area contributed by atoms with Crippen LogP contribution in [0.1, 0.15) is 12.8 Å². The summed E-state index contributed by atoms with van der Waals surface area (Å²) in [4.78, 5) is 13.0. The summed E-state index contributed by atoms with van der Waals surface area (Å²) >= 11 is 0. The molecule has 0 bridgehead atoms. The Bertz CT molecular complexity index is 614. The van der Waals surface area contributed by atoms with Crippen LogP contribution in [0.4, 0.5) is 5.95 Å². The van der Waals surface area contributed by atoms with E-state index in [4.69, 9.17) is 4.74 Å². The molecule has 3 rings (SSSR count). The van der Waals surface area contributed by atoms with E-state index in [-0.39, 0.29) is 5.25 Å². The van der Waals surface area contributed by atoms with Gasteiger partial charge in [-0.25, -0.2) is 13.4 Å². The fraction of sp³-hybridized carbons (Fsp3) is 0.714. The number of ether oxygens (including phenoxy) is 1. The van der Waals surface area contributed by atoms with Crippen molar-refractivity contribution in [1.29, 1.82) is 0 Å². The number of piperazine rings is 1. The number of sulfone groups is 1. The van der Waals surface area contributed by atoms with Crippen LogP contribution in [0.5, 0.6) is 5.88 Å². The highest BCUT2D eigenvalue weighted by Gasteiger charge is 2.33. The van der Waals surface area contributed by atoms with Crippen LogP contribution in [0.25, 0.3) is 0 Å². The molecule has 0 radical (unpaired) electrons.